The van der Waals surface area contributed by atoms with Crippen molar-refractivity contribution in [1.82, 2.24) is 9.80 Å². The minimum Gasteiger partial charge on any atom is -0.503 e. The minimum atomic E-state index is -1.01. The van der Waals surface area contributed by atoms with Gasteiger partial charge in [0.1, 0.15) is 5.82 Å². The average molecular weight is 358 g/mol. The molecule has 1 amide bonds. The lowest BCUT2D eigenvalue weighted by atomic mass is 9.94. The Hall–Kier alpha value is -2.93. The van der Waals surface area contributed by atoms with Gasteiger partial charge in [0.05, 0.1) is 17.9 Å². The number of amides is 1. The van der Waals surface area contributed by atoms with Crippen LogP contribution in [0.25, 0.3) is 0 Å². The molecule has 26 heavy (non-hydrogen) atoms. The van der Waals surface area contributed by atoms with E-state index in [1.807, 2.05) is 19.0 Å². The van der Waals surface area contributed by atoms with Gasteiger partial charge in [-0.25, -0.2) is 4.39 Å². The lowest BCUT2D eigenvalue weighted by molar-refractivity contribution is -0.129. The molecule has 1 N–H and O–H groups in total. The van der Waals surface area contributed by atoms with Gasteiger partial charge >= 0.3 is 0 Å². The molecule has 0 unspecified atom stereocenters. The van der Waals surface area contributed by atoms with Gasteiger partial charge < -0.3 is 19.3 Å². The number of rotatable bonds is 6. The first kappa shape index (κ1) is 17.9. The maximum absolute atomic E-state index is 14.5. The summed E-state index contributed by atoms with van der Waals surface area (Å²) in [6, 6.07) is 7.87. The van der Waals surface area contributed by atoms with E-state index >= 15 is 0 Å². The quantitative estimate of drug-likeness (QED) is 0.804. The molecule has 3 rings (SSSR count). The Morgan fingerprint density at radius 2 is 2.00 bits per heavy atom. The molecule has 1 aromatic carbocycles. The SMILES string of the molecule is CN(C)CCN1C(=O)C(O)=C(C(=O)c2ccco2)[C@@H]1c1ccccc1F. The summed E-state index contributed by atoms with van der Waals surface area (Å²) in [6.45, 7) is 0.718. The monoisotopic (exact) mass is 358 g/mol. The molecular formula is C19H19FN2O4. The zero-order valence-corrected chi connectivity index (χ0v) is 14.5. The van der Waals surface area contributed by atoms with E-state index in [4.69, 9.17) is 4.42 Å². The van der Waals surface area contributed by atoms with Crippen LogP contribution < -0.4 is 0 Å². The fourth-order valence-electron chi connectivity index (χ4n) is 2.98. The topological polar surface area (TPSA) is 74.0 Å². The summed E-state index contributed by atoms with van der Waals surface area (Å²) < 4.78 is 19.6. The van der Waals surface area contributed by atoms with Crippen molar-refractivity contribution in [3.8, 4) is 0 Å². The third-order valence-corrected chi connectivity index (χ3v) is 4.28. The lowest BCUT2D eigenvalue weighted by Crippen LogP contribution is -2.37. The molecule has 1 aromatic heterocycles. The van der Waals surface area contributed by atoms with E-state index in [-0.39, 0.29) is 23.4 Å². The zero-order valence-electron chi connectivity index (χ0n) is 14.5. The number of hydrogen-bond acceptors (Lipinski definition) is 5. The molecule has 0 bridgehead atoms. The Bertz CT molecular complexity index is 858. The molecule has 136 valence electrons. The first-order valence-electron chi connectivity index (χ1n) is 8.13. The van der Waals surface area contributed by atoms with E-state index in [0.717, 1.165) is 0 Å². The lowest BCUT2D eigenvalue weighted by Gasteiger charge is -2.28. The second-order valence-electron chi connectivity index (χ2n) is 6.29. The van der Waals surface area contributed by atoms with Crippen LogP contribution in [0.15, 0.2) is 58.4 Å². The molecule has 1 atom stereocenters. The number of Topliss-reactive ketones (excluding diaryl/α,β-unsaturated/α-hetero) is 1. The molecule has 7 heteroatoms. The number of nitrogens with zero attached hydrogens (tertiary/aromatic N) is 2. The predicted molar refractivity (Wildman–Crippen MR) is 92.1 cm³/mol. The van der Waals surface area contributed by atoms with Crippen molar-refractivity contribution in [1.29, 1.82) is 0 Å². The summed E-state index contributed by atoms with van der Waals surface area (Å²) >= 11 is 0. The van der Waals surface area contributed by atoms with Gasteiger partial charge in [-0.15, -0.1) is 0 Å². The molecule has 0 radical (unpaired) electrons. The van der Waals surface area contributed by atoms with Gasteiger partial charge in [0.2, 0.25) is 5.78 Å². The fourth-order valence-corrected chi connectivity index (χ4v) is 2.98. The molecule has 0 spiro atoms. The molecule has 2 aromatic rings. The van der Waals surface area contributed by atoms with Gasteiger partial charge in [0.15, 0.2) is 11.5 Å². The third-order valence-electron chi connectivity index (χ3n) is 4.28. The van der Waals surface area contributed by atoms with Crippen molar-refractivity contribution in [2.45, 2.75) is 6.04 Å². The van der Waals surface area contributed by atoms with Gasteiger partial charge in [0.25, 0.3) is 5.91 Å². The van der Waals surface area contributed by atoms with Gasteiger partial charge in [-0.2, -0.15) is 0 Å². The van der Waals surface area contributed by atoms with Crippen molar-refractivity contribution in [3.05, 3.63) is 71.1 Å². The van der Waals surface area contributed by atoms with Crippen molar-refractivity contribution in [2.24, 2.45) is 0 Å². The number of furan rings is 1. The molecule has 6 nitrogen and oxygen atoms in total. The number of hydrogen-bond donors (Lipinski definition) is 1. The number of ketones is 1. The van der Waals surface area contributed by atoms with E-state index < -0.39 is 29.3 Å². The number of carbonyl (C=O) groups excluding carboxylic acids is 2. The fraction of sp³-hybridized carbons (Fsp3) is 0.263. The highest BCUT2D eigenvalue weighted by Crippen LogP contribution is 2.39. The predicted octanol–water partition coefficient (Wildman–Crippen LogP) is 2.56. The molecule has 0 fully saturated rings. The van der Waals surface area contributed by atoms with Crippen molar-refractivity contribution in [3.63, 3.8) is 0 Å². The summed E-state index contributed by atoms with van der Waals surface area (Å²) in [4.78, 5) is 28.6. The van der Waals surface area contributed by atoms with E-state index in [1.165, 1.54) is 41.5 Å². The first-order chi connectivity index (χ1) is 12.4. The van der Waals surface area contributed by atoms with E-state index in [0.29, 0.717) is 6.54 Å². The van der Waals surface area contributed by atoms with Gasteiger partial charge in [-0.3, -0.25) is 9.59 Å². The Morgan fingerprint density at radius 1 is 1.27 bits per heavy atom. The number of carbonyl (C=O) groups is 2. The number of halogens is 1. The second-order valence-corrected chi connectivity index (χ2v) is 6.29. The van der Waals surface area contributed by atoms with Crippen LogP contribution in [0.3, 0.4) is 0 Å². The molecule has 2 heterocycles. The van der Waals surface area contributed by atoms with Crippen LogP contribution in [0.2, 0.25) is 0 Å². The second kappa shape index (κ2) is 7.13. The standard InChI is InChI=1S/C19H19FN2O4/c1-21(2)9-10-22-16(12-6-3-4-7-13(12)20)15(18(24)19(22)25)17(23)14-8-5-11-26-14/h3-8,11,16,24H,9-10H2,1-2H3/t16-/m0/s1. The molecular weight excluding hydrogens is 339 g/mol. The van der Waals surface area contributed by atoms with Crippen LogP contribution in [0.1, 0.15) is 22.2 Å². The summed E-state index contributed by atoms with van der Waals surface area (Å²) in [7, 11) is 3.67. The maximum Gasteiger partial charge on any atom is 0.290 e. The zero-order chi connectivity index (χ0) is 18.8. The third kappa shape index (κ3) is 3.13. The average Bonchev–Trinajstić information content (AvgIpc) is 3.22. The number of likely N-dealkylation sites (N-methyl/N-ethyl adjacent to an activating group) is 1. The Morgan fingerprint density at radius 3 is 2.62 bits per heavy atom. The summed E-state index contributed by atoms with van der Waals surface area (Å²) in [5.74, 6) is -2.58. The van der Waals surface area contributed by atoms with E-state index in [2.05, 4.69) is 0 Å². The van der Waals surface area contributed by atoms with E-state index in [1.54, 1.807) is 6.07 Å². The molecule has 1 aliphatic heterocycles. The highest BCUT2D eigenvalue weighted by Gasteiger charge is 2.45. The molecule has 0 saturated heterocycles. The van der Waals surface area contributed by atoms with Crippen molar-refractivity contribution < 1.29 is 23.5 Å². The largest absolute Gasteiger partial charge is 0.503 e. The van der Waals surface area contributed by atoms with Crippen LogP contribution in [-0.2, 0) is 4.79 Å². The van der Waals surface area contributed by atoms with Gasteiger partial charge in [-0.1, -0.05) is 18.2 Å². The van der Waals surface area contributed by atoms with Crippen LogP contribution in [0, 0.1) is 5.82 Å². The highest BCUT2D eigenvalue weighted by molar-refractivity contribution is 6.15. The van der Waals surface area contributed by atoms with Crippen molar-refractivity contribution in [2.75, 3.05) is 27.2 Å². The number of benzene rings is 1. The molecule has 1 aliphatic rings. The van der Waals surface area contributed by atoms with Crippen molar-refractivity contribution >= 4 is 11.7 Å². The Labute approximate surface area is 150 Å². The molecule has 0 aliphatic carbocycles. The van der Waals surface area contributed by atoms with Crippen LogP contribution in [-0.4, -0.2) is 53.8 Å². The minimum absolute atomic E-state index is 0.0184. The van der Waals surface area contributed by atoms with Gasteiger partial charge in [0, 0.05) is 18.7 Å². The molecule has 0 saturated carbocycles. The number of aliphatic hydroxyl groups is 1. The van der Waals surface area contributed by atoms with Gasteiger partial charge in [-0.05, 0) is 32.3 Å². The smallest absolute Gasteiger partial charge is 0.290 e. The Balaban J connectivity index is 2.08. The Kier molecular flexibility index (Phi) is 4.90. The normalized spacial score (nSPS) is 17.5. The van der Waals surface area contributed by atoms with Crippen LogP contribution in [0.5, 0.6) is 0 Å². The summed E-state index contributed by atoms with van der Waals surface area (Å²) in [5.41, 5.74) is -0.0210. The first-order valence-corrected chi connectivity index (χ1v) is 8.13. The summed E-state index contributed by atoms with van der Waals surface area (Å²) in [5, 5.41) is 10.4. The van der Waals surface area contributed by atoms with E-state index in [9.17, 15) is 19.1 Å². The van der Waals surface area contributed by atoms with Crippen LogP contribution >= 0.6 is 0 Å². The summed E-state index contributed by atoms with van der Waals surface area (Å²) in [6.07, 6.45) is 1.32. The maximum atomic E-state index is 14.5. The number of aliphatic hydroxyl groups excluding tert-OH is 1. The van der Waals surface area contributed by atoms with Crippen LogP contribution in [0.4, 0.5) is 4.39 Å². The highest BCUT2D eigenvalue weighted by atomic mass is 19.1.